The Morgan fingerprint density at radius 1 is 0.551 bits per heavy atom. The Bertz CT molecular complexity index is 3310. The van der Waals surface area contributed by atoms with E-state index in [2.05, 4.69) is 15.3 Å². The minimum atomic E-state index is -4.92. The molecule has 0 spiro atoms. The number of carboxylic acids is 1. The number of sulfonamides is 2. The highest BCUT2D eigenvalue weighted by Crippen LogP contribution is 2.38. The number of ketones is 2. The molecule has 14 nitrogen and oxygen atoms in total. The lowest BCUT2D eigenvalue weighted by atomic mass is 10.0. The average Bonchev–Trinajstić information content (AvgIpc) is 3.25. The first-order valence-electron chi connectivity index (χ1n) is 18.2. The van der Waals surface area contributed by atoms with Crippen LogP contribution in [-0.2, 0) is 32.4 Å². The van der Waals surface area contributed by atoms with E-state index in [1.807, 2.05) is 9.44 Å². The molecular weight excluding hydrogens is 1100 g/mol. The zero-order valence-electron chi connectivity index (χ0n) is 33.7. The molecular formula is C41H23Cl6F6N5O9S2. The summed E-state index contributed by atoms with van der Waals surface area (Å²) in [4.78, 5) is 55.6. The highest BCUT2D eigenvalue weighted by molar-refractivity contribution is 7.93. The maximum atomic E-state index is 13.2. The number of nitrogens with one attached hydrogen (secondary N) is 3. The van der Waals surface area contributed by atoms with E-state index in [0.29, 0.717) is 12.1 Å². The predicted octanol–water partition coefficient (Wildman–Crippen LogP) is 11.2. The molecule has 2 aromatic heterocycles. The van der Waals surface area contributed by atoms with E-state index in [1.165, 1.54) is 37.4 Å². The summed E-state index contributed by atoms with van der Waals surface area (Å²) in [6.07, 6.45) is -7.75. The molecule has 69 heavy (non-hydrogen) atoms. The van der Waals surface area contributed by atoms with E-state index >= 15 is 0 Å². The van der Waals surface area contributed by atoms with Gasteiger partial charge >= 0.3 is 18.3 Å². The van der Waals surface area contributed by atoms with Gasteiger partial charge < -0.3 is 10.4 Å². The molecule has 0 fully saturated rings. The maximum Gasteiger partial charge on any atom is 0.417 e. The van der Waals surface area contributed by atoms with Crippen molar-refractivity contribution in [3.05, 3.63) is 172 Å². The van der Waals surface area contributed by atoms with E-state index in [0.717, 1.165) is 54.9 Å². The molecule has 6 aromatic rings. The predicted molar refractivity (Wildman–Crippen MR) is 243 cm³/mol. The number of nitrogens with zero attached hydrogens (tertiary/aromatic N) is 2. The third kappa shape index (κ3) is 12.6. The summed E-state index contributed by atoms with van der Waals surface area (Å²) in [5.74, 6) is -3.82. The number of aromatic nitrogens is 2. The van der Waals surface area contributed by atoms with Crippen molar-refractivity contribution in [3.8, 4) is 0 Å². The number of anilines is 2. The van der Waals surface area contributed by atoms with Crippen LogP contribution in [0.3, 0.4) is 0 Å². The lowest BCUT2D eigenvalue weighted by Crippen LogP contribution is -2.20. The minimum Gasteiger partial charge on any atom is -0.478 e. The molecule has 362 valence electrons. The van der Waals surface area contributed by atoms with Crippen LogP contribution >= 0.6 is 69.6 Å². The van der Waals surface area contributed by atoms with Crippen molar-refractivity contribution >= 4 is 124 Å². The van der Waals surface area contributed by atoms with Crippen LogP contribution in [0.25, 0.3) is 0 Å². The van der Waals surface area contributed by atoms with Gasteiger partial charge in [-0.1, -0.05) is 81.7 Å². The topological polar surface area (TPSA) is 219 Å². The molecule has 4 N–H and O–H groups in total. The van der Waals surface area contributed by atoms with Gasteiger partial charge in [-0.2, -0.15) is 26.3 Å². The summed E-state index contributed by atoms with van der Waals surface area (Å²) in [6, 6.07) is 13.6. The third-order valence-electron chi connectivity index (χ3n) is 8.92. The van der Waals surface area contributed by atoms with E-state index in [-0.39, 0.29) is 37.3 Å². The first-order valence-corrected chi connectivity index (χ1v) is 23.4. The summed E-state index contributed by atoms with van der Waals surface area (Å²) < 4.78 is 134. The Morgan fingerprint density at radius 3 is 1.28 bits per heavy atom. The number of alkyl halides is 6. The Labute approximate surface area is 415 Å². The van der Waals surface area contributed by atoms with Gasteiger partial charge in [0.15, 0.2) is 0 Å². The van der Waals surface area contributed by atoms with Gasteiger partial charge in [0.05, 0.1) is 73.6 Å². The SMILES string of the molecule is CNC(=O)c1cccc(C(=O)c2ncc(Cl)cc2NS(=O)(=O)c2ccc(Cl)c(C(F)(F)F)c2)c1Cl.O=C(O)c1cccc(C(=O)c2ncc(Cl)cc2NS(=O)(=O)c2ccc(Cl)c(C(F)(F)F)c2)c1Cl. The molecule has 0 aliphatic rings. The van der Waals surface area contributed by atoms with Gasteiger partial charge in [0.25, 0.3) is 26.0 Å². The molecule has 0 radical (unpaired) electrons. The number of pyridine rings is 2. The maximum absolute atomic E-state index is 13.2. The van der Waals surface area contributed by atoms with Crippen LogP contribution in [0, 0.1) is 0 Å². The average molecular weight is 1120 g/mol. The zero-order valence-corrected chi connectivity index (χ0v) is 39.9. The molecule has 0 unspecified atom stereocenters. The molecule has 0 aliphatic carbocycles. The van der Waals surface area contributed by atoms with E-state index < -0.39 is 115 Å². The van der Waals surface area contributed by atoms with Gasteiger partial charge in [-0.25, -0.2) is 31.6 Å². The zero-order chi connectivity index (χ0) is 51.6. The smallest absolute Gasteiger partial charge is 0.417 e. The monoisotopic (exact) mass is 1120 g/mol. The summed E-state index contributed by atoms with van der Waals surface area (Å²) in [5, 5.41) is 9.36. The molecule has 4 aromatic carbocycles. The van der Waals surface area contributed by atoms with Crippen molar-refractivity contribution in [1.82, 2.24) is 15.3 Å². The molecule has 0 saturated heterocycles. The summed E-state index contributed by atoms with van der Waals surface area (Å²) in [5.41, 5.74) is -5.50. The number of hydrogen-bond acceptors (Lipinski definition) is 10. The molecule has 28 heteroatoms. The van der Waals surface area contributed by atoms with Crippen molar-refractivity contribution in [3.63, 3.8) is 0 Å². The fourth-order valence-corrected chi connectivity index (χ4v) is 9.25. The quantitative estimate of drug-likeness (QED) is 0.0667. The second-order valence-electron chi connectivity index (χ2n) is 13.5. The molecule has 0 bridgehead atoms. The van der Waals surface area contributed by atoms with Crippen molar-refractivity contribution < 1.29 is 67.5 Å². The lowest BCUT2D eigenvalue weighted by molar-refractivity contribution is -0.138. The molecule has 2 heterocycles. The van der Waals surface area contributed by atoms with Crippen LogP contribution in [-0.4, -0.2) is 62.4 Å². The Balaban J connectivity index is 0.000000258. The van der Waals surface area contributed by atoms with Gasteiger partial charge in [-0.3, -0.25) is 23.8 Å². The van der Waals surface area contributed by atoms with Crippen molar-refractivity contribution in [2.75, 3.05) is 16.5 Å². The first-order chi connectivity index (χ1) is 32.0. The number of carboxylic acid groups (broad SMARTS) is 1. The van der Waals surface area contributed by atoms with Crippen molar-refractivity contribution in [2.45, 2.75) is 22.1 Å². The third-order valence-corrected chi connectivity index (χ3v) is 13.5. The van der Waals surface area contributed by atoms with Crippen LogP contribution in [0.15, 0.2) is 107 Å². The fraction of sp³-hybridized carbons (Fsp3) is 0.0732. The van der Waals surface area contributed by atoms with Gasteiger partial charge in [-0.05, 0) is 72.8 Å². The molecule has 6 rings (SSSR count). The number of halogens is 12. The second kappa shape index (κ2) is 21.1. The van der Waals surface area contributed by atoms with Crippen LogP contribution in [0.4, 0.5) is 37.7 Å². The van der Waals surface area contributed by atoms with E-state index in [9.17, 15) is 67.5 Å². The molecule has 0 atom stereocenters. The standard InChI is InChI=1S/C21H13Cl3F3N3O4S.C20H10Cl3F3N2O5S/c1-28-20(32)13-4-2-3-12(17(13)24)19(31)18-16(7-10(22)9-29-18)30-35(33,34)11-5-6-15(23)14(8-11)21(25,26)27;21-9-6-15(28-34(32,33)10-4-5-14(22)13(7-10)20(24,25)26)17(27-8-9)18(29)11-2-1-3-12(16(11)23)19(30)31/h2-9,30H,1H3,(H,28,32);1-8,28H,(H,30,31). The Kier molecular flexibility index (Phi) is 16.6. The highest BCUT2D eigenvalue weighted by Gasteiger charge is 2.36. The van der Waals surface area contributed by atoms with E-state index in [4.69, 9.17) is 69.6 Å². The van der Waals surface area contributed by atoms with Gasteiger partial charge in [0, 0.05) is 30.6 Å². The number of carbonyl (C=O) groups excluding carboxylic acids is 3. The van der Waals surface area contributed by atoms with Crippen LogP contribution in [0.2, 0.25) is 30.1 Å². The van der Waals surface area contributed by atoms with Crippen molar-refractivity contribution in [2.24, 2.45) is 0 Å². The molecule has 0 saturated carbocycles. The number of benzene rings is 4. The van der Waals surface area contributed by atoms with Crippen LogP contribution in [0.5, 0.6) is 0 Å². The summed E-state index contributed by atoms with van der Waals surface area (Å²) >= 11 is 35.1. The number of hydrogen-bond donors (Lipinski definition) is 4. The normalized spacial score (nSPS) is 11.8. The fourth-order valence-electron chi connectivity index (χ4n) is 5.73. The van der Waals surface area contributed by atoms with E-state index in [1.54, 1.807) is 0 Å². The summed E-state index contributed by atoms with van der Waals surface area (Å²) in [6.45, 7) is 0. The van der Waals surface area contributed by atoms with Gasteiger partial charge in [0.2, 0.25) is 11.6 Å². The largest absolute Gasteiger partial charge is 0.478 e. The van der Waals surface area contributed by atoms with Gasteiger partial charge in [-0.15, -0.1) is 0 Å². The highest BCUT2D eigenvalue weighted by atomic mass is 35.5. The molecule has 1 amide bonds. The van der Waals surface area contributed by atoms with Crippen LogP contribution in [0.1, 0.15) is 63.9 Å². The number of amides is 1. The Hall–Kier alpha value is -5.72. The van der Waals surface area contributed by atoms with Crippen molar-refractivity contribution in [1.29, 1.82) is 0 Å². The summed E-state index contributed by atoms with van der Waals surface area (Å²) in [7, 11) is -7.98. The number of carbonyl (C=O) groups is 4. The second-order valence-corrected chi connectivity index (χ2v) is 19.3. The van der Waals surface area contributed by atoms with Gasteiger partial charge in [0.1, 0.15) is 11.4 Å². The lowest BCUT2D eigenvalue weighted by Gasteiger charge is -2.15. The van der Waals surface area contributed by atoms with Crippen LogP contribution < -0.4 is 14.8 Å². The number of rotatable bonds is 12. The molecule has 0 aliphatic heterocycles. The minimum absolute atomic E-state index is 0.0167. The number of aromatic carboxylic acids is 1. The first kappa shape index (κ1) is 54.2. The Morgan fingerprint density at radius 2 is 0.913 bits per heavy atom.